The van der Waals surface area contributed by atoms with Crippen molar-refractivity contribution in [2.75, 3.05) is 39.3 Å². The van der Waals surface area contributed by atoms with E-state index in [-0.39, 0.29) is 23.5 Å². The highest BCUT2D eigenvalue weighted by Crippen LogP contribution is 2.25. The minimum atomic E-state index is -0.560. The smallest absolute Gasteiger partial charge is 0.358 e. The Morgan fingerprint density at radius 3 is 2.70 bits per heavy atom. The van der Waals surface area contributed by atoms with Crippen LogP contribution in [-0.4, -0.2) is 55.9 Å². The van der Waals surface area contributed by atoms with E-state index in [0.717, 1.165) is 12.8 Å². The van der Waals surface area contributed by atoms with Crippen LogP contribution in [0.1, 0.15) is 23.3 Å². The Hall–Kier alpha value is -2.22. The molecule has 8 nitrogen and oxygen atoms in total. The predicted molar refractivity (Wildman–Crippen MR) is 80.9 cm³/mol. The van der Waals surface area contributed by atoms with Crippen molar-refractivity contribution in [1.82, 2.24) is 9.97 Å². The van der Waals surface area contributed by atoms with Crippen LogP contribution in [0.15, 0.2) is 12.4 Å². The summed E-state index contributed by atoms with van der Waals surface area (Å²) in [6.45, 7) is 1.65. The Morgan fingerprint density at radius 1 is 1.30 bits per heavy atom. The summed E-state index contributed by atoms with van der Waals surface area (Å²) in [4.78, 5) is 31.6. The van der Waals surface area contributed by atoms with Gasteiger partial charge in [0.25, 0.3) is 0 Å². The van der Waals surface area contributed by atoms with Gasteiger partial charge in [-0.05, 0) is 18.8 Å². The molecule has 0 radical (unpaired) electrons. The summed E-state index contributed by atoms with van der Waals surface area (Å²) in [5.74, 6) is -0.515. The van der Waals surface area contributed by atoms with Gasteiger partial charge < -0.3 is 19.5 Å². The Bertz CT molecular complexity index is 546. The number of nitrogens with zero attached hydrogens (tertiary/aromatic N) is 2. The van der Waals surface area contributed by atoms with Crippen LogP contribution in [-0.2, 0) is 19.0 Å². The van der Waals surface area contributed by atoms with Gasteiger partial charge >= 0.3 is 11.9 Å². The zero-order valence-corrected chi connectivity index (χ0v) is 13.3. The van der Waals surface area contributed by atoms with Crippen LogP contribution in [0.5, 0.6) is 0 Å². The lowest BCUT2D eigenvalue weighted by Gasteiger charge is -2.28. The molecule has 0 amide bonds. The van der Waals surface area contributed by atoms with Gasteiger partial charge in [0.05, 0.1) is 32.5 Å². The average molecular weight is 323 g/mol. The average Bonchev–Trinajstić information content (AvgIpc) is 2.62. The molecule has 2 heterocycles. The second-order valence-electron chi connectivity index (χ2n) is 5.24. The number of carbonyl (C=O) groups excluding carboxylic acids is 2. The second-order valence-corrected chi connectivity index (χ2v) is 5.24. The van der Waals surface area contributed by atoms with E-state index in [2.05, 4.69) is 20.0 Å². The molecule has 1 atom stereocenters. The lowest BCUT2D eigenvalue weighted by molar-refractivity contribution is -0.148. The van der Waals surface area contributed by atoms with Crippen molar-refractivity contribution in [3.63, 3.8) is 0 Å². The molecule has 1 aliphatic heterocycles. The molecular weight excluding hydrogens is 302 g/mol. The molecule has 0 bridgehead atoms. The maximum Gasteiger partial charge on any atom is 0.358 e. The van der Waals surface area contributed by atoms with Crippen LogP contribution in [0, 0.1) is 11.8 Å². The summed E-state index contributed by atoms with van der Waals surface area (Å²) >= 11 is 0. The fraction of sp³-hybridized carbons (Fsp3) is 0.600. The molecule has 1 unspecified atom stereocenters. The number of carbonyl (C=O) groups is 2. The van der Waals surface area contributed by atoms with Crippen molar-refractivity contribution >= 4 is 17.8 Å². The number of methoxy groups -OCH3 is 2. The van der Waals surface area contributed by atoms with Gasteiger partial charge in [-0.25, -0.2) is 9.78 Å². The number of hydrogen-bond acceptors (Lipinski definition) is 8. The van der Waals surface area contributed by atoms with Crippen LogP contribution < -0.4 is 5.32 Å². The van der Waals surface area contributed by atoms with E-state index in [0.29, 0.717) is 25.6 Å². The van der Waals surface area contributed by atoms with Gasteiger partial charge in [0, 0.05) is 19.8 Å². The van der Waals surface area contributed by atoms with Gasteiger partial charge in [-0.2, -0.15) is 0 Å². The van der Waals surface area contributed by atoms with Crippen LogP contribution >= 0.6 is 0 Å². The third-order valence-corrected chi connectivity index (χ3v) is 3.87. The summed E-state index contributed by atoms with van der Waals surface area (Å²) in [6, 6.07) is 0. The number of rotatable bonds is 6. The number of nitrogens with one attached hydrogen (secondary N) is 1. The first-order chi connectivity index (χ1) is 11.2. The normalized spacial score (nSPS) is 16.4. The highest BCUT2D eigenvalue weighted by atomic mass is 16.5. The SMILES string of the molecule is COC(=O)c1cncc(NCC(C(=O)OC)C2CCOCC2)n1. The van der Waals surface area contributed by atoms with Gasteiger partial charge in [0.1, 0.15) is 5.82 Å². The van der Waals surface area contributed by atoms with Gasteiger partial charge in [-0.1, -0.05) is 0 Å². The number of aromatic nitrogens is 2. The van der Waals surface area contributed by atoms with E-state index in [9.17, 15) is 9.59 Å². The molecule has 0 spiro atoms. The molecule has 1 aromatic rings. The molecule has 1 aliphatic rings. The minimum absolute atomic E-state index is 0.109. The van der Waals surface area contributed by atoms with Crippen molar-refractivity contribution in [3.05, 3.63) is 18.1 Å². The van der Waals surface area contributed by atoms with Crippen molar-refractivity contribution in [1.29, 1.82) is 0 Å². The first kappa shape index (κ1) is 17.1. The molecule has 1 saturated heterocycles. The Labute approximate surface area is 134 Å². The summed E-state index contributed by atoms with van der Waals surface area (Å²) in [7, 11) is 2.66. The largest absolute Gasteiger partial charge is 0.469 e. The van der Waals surface area contributed by atoms with Crippen molar-refractivity contribution in [3.8, 4) is 0 Å². The van der Waals surface area contributed by atoms with Crippen molar-refractivity contribution in [2.24, 2.45) is 11.8 Å². The standard InChI is InChI=1S/C15H21N3O5/c1-21-14(19)11(10-3-5-23-6-4-10)7-17-13-9-16-8-12(18-13)15(20)22-2/h8-11H,3-7H2,1-2H3,(H,17,18). The third-order valence-electron chi connectivity index (χ3n) is 3.87. The van der Waals surface area contributed by atoms with Gasteiger partial charge in [0.15, 0.2) is 5.69 Å². The Kier molecular flexibility index (Phi) is 6.28. The Morgan fingerprint density at radius 2 is 2.04 bits per heavy atom. The number of hydrogen-bond donors (Lipinski definition) is 1. The van der Waals surface area contributed by atoms with E-state index in [1.807, 2.05) is 0 Å². The van der Waals surface area contributed by atoms with Gasteiger partial charge in [0.2, 0.25) is 0 Å². The number of anilines is 1. The number of esters is 2. The monoisotopic (exact) mass is 323 g/mol. The van der Waals surface area contributed by atoms with E-state index >= 15 is 0 Å². The highest BCUT2D eigenvalue weighted by molar-refractivity contribution is 5.87. The lowest BCUT2D eigenvalue weighted by atomic mass is 9.86. The first-order valence-electron chi connectivity index (χ1n) is 7.45. The second kappa shape index (κ2) is 8.42. The predicted octanol–water partition coefficient (Wildman–Crippen LogP) is 0.891. The van der Waals surface area contributed by atoms with Gasteiger partial charge in [-0.3, -0.25) is 9.78 Å². The molecule has 0 aliphatic carbocycles. The fourth-order valence-electron chi connectivity index (χ4n) is 2.58. The quantitative estimate of drug-likeness (QED) is 0.771. The minimum Gasteiger partial charge on any atom is -0.469 e. The van der Waals surface area contributed by atoms with Crippen LogP contribution in [0.2, 0.25) is 0 Å². The van der Waals surface area contributed by atoms with Gasteiger partial charge in [-0.15, -0.1) is 0 Å². The summed E-state index contributed by atoms with van der Waals surface area (Å²) in [5, 5.41) is 3.05. The molecular formula is C15H21N3O5. The lowest BCUT2D eigenvalue weighted by Crippen LogP contribution is -2.35. The van der Waals surface area contributed by atoms with E-state index in [1.54, 1.807) is 0 Å². The molecule has 126 valence electrons. The molecule has 8 heteroatoms. The molecule has 1 aromatic heterocycles. The third kappa shape index (κ3) is 4.62. The Balaban J connectivity index is 2.02. The van der Waals surface area contributed by atoms with Crippen LogP contribution in [0.4, 0.5) is 5.82 Å². The zero-order chi connectivity index (χ0) is 16.7. The van der Waals surface area contributed by atoms with Crippen LogP contribution in [0.3, 0.4) is 0 Å². The van der Waals surface area contributed by atoms with E-state index in [1.165, 1.54) is 26.6 Å². The van der Waals surface area contributed by atoms with E-state index < -0.39 is 5.97 Å². The zero-order valence-electron chi connectivity index (χ0n) is 13.3. The van der Waals surface area contributed by atoms with Crippen molar-refractivity contribution in [2.45, 2.75) is 12.8 Å². The molecule has 1 fully saturated rings. The molecule has 0 saturated carbocycles. The maximum absolute atomic E-state index is 12.0. The topological polar surface area (TPSA) is 99.6 Å². The highest BCUT2D eigenvalue weighted by Gasteiger charge is 2.30. The summed E-state index contributed by atoms with van der Waals surface area (Å²) < 4.78 is 14.8. The number of ether oxygens (including phenoxy) is 3. The van der Waals surface area contributed by atoms with Crippen LogP contribution in [0.25, 0.3) is 0 Å². The molecule has 0 aromatic carbocycles. The fourth-order valence-corrected chi connectivity index (χ4v) is 2.58. The molecule has 23 heavy (non-hydrogen) atoms. The van der Waals surface area contributed by atoms with E-state index in [4.69, 9.17) is 9.47 Å². The summed E-state index contributed by atoms with van der Waals surface area (Å²) in [5.41, 5.74) is 0.109. The summed E-state index contributed by atoms with van der Waals surface area (Å²) in [6.07, 6.45) is 4.45. The first-order valence-corrected chi connectivity index (χ1v) is 7.45. The molecule has 2 rings (SSSR count). The van der Waals surface area contributed by atoms with Crippen molar-refractivity contribution < 1.29 is 23.8 Å². The maximum atomic E-state index is 12.0. The molecule has 1 N–H and O–H groups in total.